The average Bonchev–Trinajstić information content (AvgIpc) is 2.63. The van der Waals surface area contributed by atoms with E-state index in [-0.39, 0.29) is 12.5 Å². The maximum atomic E-state index is 12.4. The number of aliphatic hydroxyl groups excluding tert-OH is 2. The highest BCUT2D eigenvalue weighted by molar-refractivity contribution is 5.83. The fourth-order valence-electron chi connectivity index (χ4n) is 2.45. The zero-order valence-electron chi connectivity index (χ0n) is 15.6. The van der Waals surface area contributed by atoms with Gasteiger partial charge in [-0.3, -0.25) is 14.9 Å². The molecule has 0 saturated carbocycles. The molecule has 146 valence electrons. The predicted octanol–water partition coefficient (Wildman–Crippen LogP) is -0.672. The lowest BCUT2D eigenvalue weighted by Crippen LogP contribution is -2.51. The van der Waals surface area contributed by atoms with Gasteiger partial charge in [-0.15, -0.1) is 0 Å². The second kappa shape index (κ2) is 10.9. The van der Waals surface area contributed by atoms with Crippen molar-refractivity contribution >= 4 is 11.8 Å². The molecule has 8 heteroatoms. The van der Waals surface area contributed by atoms with E-state index in [1.165, 1.54) is 4.90 Å². The predicted molar refractivity (Wildman–Crippen MR) is 98.9 cm³/mol. The van der Waals surface area contributed by atoms with Crippen molar-refractivity contribution in [3.63, 3.8) is 0 Å². The molecule has 0 bridgehead atoms. The molecule has 4 unspecified atom stereocenters. The number of nitrogens with zero attached hydrogens (tertiary/aromatic N) is 1. The van der Waals surface area contributed by atoms with Crippen LogP contribution in [0, 0.1) is 0 Å². The van der Waals surface area contributed by atoms with Gasteiger partial charge in [-0.1, -0.05) is 43.7 Å². The fourth-order valence-corrected chi connectivity index (χ4v) is 2.45. The number of nitrogens with two attached hydrogens (primary N) is 1. The highest BCUT2D eigenvalue weighted by atomic mass is 16.3. The van der Waals surface area contributed by atoms with E-state index in [1.54, 1.807) is 38.4 Å². The monoisotopic (exact) mass is 366 g/mol. The zero-order chi connectivity index (χ0) is 19.7. The number of carbonyl (C=O) groups is 2. The molecule has 0 aromatic heterocycles. The Morgan fingerprint density at radius 3 is 2.35 bits per heavy atom. The Labute approximate surface area is 154 Å². The van der Waals surface area contributed by atoms with E-state index in [1.807, 2.05) is 13.0 Å². The molecule has 0 spiro atoms. The Morgan fingerprint density at radius 2 is 1.81 bits per heavy atom. The van der Waals surface area contributed by atoms with Crippen molar-refractivity contribution < 1.29 is 19.8 Å². The van der Waals surface area contributed by atoms with Gasteiger partial charge in [0.2, 0.25) is 5.91 Å². The Hall–Kier alpha value is -2.00. The number of hydrogen-bond acceptors (Lipinski definition) is 6. The van der Waals surface area contributed by atoms with Gasteiger partial charge in [0.1, 0.15) is 18.4 Å². The molecule has 26 heavy (non-hydrogen) atoms. The molecule has 4 atom stereocenters. The van der Waals surface area contributed by atoms with Gasteiger partial charge < -0.3 is 26.2 Å². The molecule has 1 aromatic carbocycles. The molecule has 1 aromatic rings. The summed E-state index contributed by atoms with van der Waals surface area (Å²) in [4.78, 5) is 25.7. The number of likely N-dealkylation sites (N-methyl/N-ethyl adjacent to an activating group) is 1. The van der Waals surface area contributed by atoms with Crippen LogP contribution in [-0.2, 0) is 9.59 Å². The number of amides is 2. The largest absolute Gasteiger partial charge is 0.382 e. The average molecular weight is 366 g/mol. The minimum absolute atomic E-state index is 0.168. The maximum absolute atomic E-state index is 12.4. The lowest BCUT2D eigenvalue weighted by atomic mass is 10.1. The van der Waals surface area contributed by atoms with Crippen molar-refractivity contribution in [1.29, 1.82) is 0 Å². The smallest absolute Gasteiger partial charge is 0.250 e. The first-order chi connectivity index (χ1) is 12.3. The molecule has 6 N–H and O–H groups in total. The second-order valence-electron chi connectivity index (χ2n) is 6.40. The lowest BCUT2D eigenvalue weighted by Gasteiger charge is -2.25. The highest BCUT2D eigenvalue weighted by Gasteiger charge is 2.26. The SMILES string of the molecule is CCCC(N)C(O)C(=O)NCC(O)NC(C(=O)N(C)C)c1ccccc1. The van der Waals surface area contributed by atoms with E-state index in [9.17, 15) is 19.8 Å². The van der Waals surface area contributed by atoms with Crippen LogP contribution < -0.4 is 16.4 Å². The number of carbonyl (C=O) groups excluding carboxylic acids is 2. The zero-order valence-corrected chi connectivity index (χ0v) is 15.6. The molecule has 2 amide bonds. The number of hydrogen-bond donors (Lipinski definition) is 5. The number of aliphatic hydroxyl groups is 2. The first-order valence-corrected chi connectivity index (χ1v) is 8.69. The van der Waals surface area contributed by atoms with Gasteiger partial charge >= 0.3 is 0 Å². The summed E-state index contributed by atoms with van der Waals surface area (Å²) in [5.41, 5.74) is 6.42. The van der Waals surface area contributed by atoms with E-state index >= 15 is 0 Å². The highest BCUT2D eigenvalue weighted by Crippen LogP contribution is 2.15. The van der Waals surface area contributed by atoms with Gasteiger partial charge in [0.25, 0.3) is 5.91 Å². The van der Waals surface area contributed by atoms with Crippen LogP contribution in [0.4, 0.5) is 0 Å². The molecule has 0 aliphatic carbocycles. The third-order valence-corrected chi connectivity index (χ3v) is 3.95. The summed E-state index contributed by atoms with van der Waals surface area (Å²) < 4.78 is 0. The summed E-state index contributed by atoms with van der Waals surface area (Å²) in [6, 6.07) is 7.57. The molecular formula is C18H30N4O4. The third kappa shape index (κ3) is 6.72. The number of benzene rings is 1. The van der Waals surface area contributed by atoms with Crippen LogP contribution in [0.3, 0.4) is 0 Å². The molecular weight excluding hydrogens is 336 g/mol. The first kappa shape index (κ1) is 22.0. The number of nitrogens with one attached hydrogen (secondary N) is 2. The van der Waals surface area contributed by atoms with Gasteiger partial charge in [-0.2, -0.15) is 0 Å². The Kier molecular flexibility index (Phi) is 9.22. The third-order valence-electron chi connectivity index (χ3n) is 3.95. The van der Waals surface area contributed by atoms with Crippen molar-refractivity contribution in [2.45, 2.75) is 44.2 Å². The minimum atomic E-state index is -1.34. The van der Waals surface area contributed by atoms with Gasteiger partial charge in [0.15, 0.2) is 0 Å². The molecule has 0 fully saturated rings. The quantitative estimate of drug-likeness (QED) is 0.349. The van der Waals surface area contributed by atoms with Crippen LogP contribution in [-0.4, -0.2) is 65.9 Å². The molecule has 8 nitrogen and oxygen atoms in total. The van der Waals surface area contributed by atoms with E-state index in [0.29, 0.717) is 12.0 Å². The molecule has 0 saturated heterocycles. The summed E-state index contributed by atoms with van der Waals surface area (Å²) in [7, 11) is 3.25. The van der Waals surface area contributed by atoms with Crippen LogP contribution in [0.25, 0.3) is 0 Å². The minimum Gasteiger partial charge on any atom is -0.382 e. The van der Waals surface area contributed by atoms with Gasteiger partial charge in [-0.25, -0.2) is 0 Å². The van der Waals surface area contributed by atoms with Crippen molar-refractivity contribution in [1.82, 2.24) is 15.5 Å². The summed E-state index contributed by atoms with van der Waals surface area (Å²) in [5.74, 6) is -0.881. The van der Waals surface area contributed by atoms with Crippen molar-refractivity contribution in [3.8, 4) is 0 Å². The molecule has 0 aliphatic rings. The van der Waals surface area contributed by atoms with Crippen molar-refractivity contribution in [2.75, 3.05) is 20.6 Å². The second-order valence-corrected chi connectivity index (χ2v) is 6.40. The Morgan fingerprint density at radius 1 is 1.19 bits per heavy atom. The van der Waals surface area contributed by atoms with Crippen LogP contribution in [0.1, 0.15) is 31.4 Å². The summed E-state index contributed by atoms with van der Waals surface area (Å²) in [5, 5.41) is 25.3. The first-order valence-electron chi connectivity index (χ1n) is 8.69. The fraction of sp³-hybridized carbons (Fsp3) is 0.556. The van der Waals surface area contributed by atoms with Gasteiger partial charge in [-0.05, 0) is 12.0 Å². The standard InChI is InChI=1S/C18H30N4O4/c1-4-8-13(19)16(24)17(25)20-11-14(23)21-15(18(26)22(2)3)12-9-6-5-7-10-12/h5-7,9-10,13-16,21,23-24H,4,8,11,19H2,1-3H3,(H,20,25). The molecule has 0 aliphatic heterocycles. The topological polar surface area (TPSA) is 128 Å². The van der Waals surface area contributed by atoms with Crippen LogP contribution in [0.2, 0.25) is 0 Å². The summed E-state index contributed by atoms with van der Waals surface area (Å²) in [6.45, 7) is 1.74. The van der Waals surface area contributed by atoms with Crippen LogP contribution in [0.5, 0.6) is 0 Å². The Balaban J connectivity index is 2.66. The van der Waals surface area contributed by atoms with E-state index in [4.69, 9.17) is 5.73 Å². The summed E-state index contributed by atoms with van der Waals surface area (Å²) in [6.07, 6.45) is -1.25. The maximum Gasteiger partial charge on any atom is 0.250 e. The molecule has 0 heterocycles. The number of rotatable bonds is 10. The molecule has 0 radical (unpaired) electrons. The van der Waals surface area contributed by atoms with E-state index in [2.05, 4.69) is 10.6 Å². The van der Waals surface area contributed by atoms with Gasteiger partial charge in [0, 0.05) is 20.1 Å². The van der Waals surface area contributed by atoms with E-state index < -0.39 is 30.3 Å². The van der Waals surface area contributed by atoms with Crippen LogP contribution >= 0.6 is 0 Å². The van der Waals surface area contributed by atoms with Crippen LogP contribution in [0.15, 0.2) is 30.3 Å². The molecule has 1 rings (SSSR count). The lowest BCUT2D eigenvalue weighted by molar-refractivity contribution is -0.132. The van der Waals surface area contributed by atoms with Crippen molar-refractivity contribution in [3.05, 3.63) is 35.9 Å². The Bertz CT molecular complexity index is 568. The van der Waals surface area contributed by atoms with E-state index in [0.717, 1.165) is 6.42 Å². The normalized spacial score (nSPS) is 15.6. The summed E-state index contributed by atoms with van der Waals surface area (Å²) >= 11 is 0. The van der Waals surface area contributed by atoms with Gasteiger partial charge in [0.05, 0.1) is 6.54 Å². The van der Waals surface area contributed by atoms with Crippen molar-refractivity contribution in [2.24, 2.45) is 5.73 Å².